The first-order chi connectivity index (χ1) is 10.5. The molecule has 0 aliphatic rings. The maximum atomic E-state index is 12.3. The van der Waals surface area contributed by atoms with Gasteiger partial charge in [0.25, 0.3) is 5.91 Å². The Kier molecular flexibility index (Phi) is 5.30. The fourth-order valence-electron chi connectivity index (χ4n) is 2.03. The lowest BCUT2D eigenvalue weighted by molar-refractivity contribution is -0.907. The van der Waals surface area contributed by atoms with Gasteiger partial charge in [-0.2, -0.15) is 0 Å². The van der Waals surface area contributed by atoms with Crippen LogP contribution >= 0.6 is 11.3 Å². The number of likely N-dealkylation sites (N-methyl/N-ethyl adjacent to an activating group) is 1. The molecule has 1 unspecified atom stereocenters. The second kappa shape index (κ2) is 7.20. The number of nitrogens with one attached hydrogen (secondary N) is 2. The number of anilines is 1. The first kappa shape index (κ1) is 16.2. The van der Waals surface area contributed by atoms with E-state index < -0.39 is 5.91 Å². The van der Waals surface area contributed by atoms with E-state index >= 15 is 0 Å². The zero-order valence-corrected chi connectivity index (χ0v) is 13.4. The number of rotatable bonds is 6. The van der Waals surface area contributed by atoms with Gasteiger partial charge in [-0.3, -0.25) is 9.59 Å². The number of hydrogen-bond donors (Lipinski definition) is 3. The van der Waals surface area contributed by atoms with Crippen molar-refractivity contribution in [1.82, 2.24) is 0 Å². The first-order valence-electron chi connectivity index (χ1n) is 7.03. The minimum Gasteiger partial charge on any atom is -0.366 e. The number of hydrogen-bond acceptors (Lipinski definition) is 3. The SMILES string of the molecule is C[C@@H](C(=O)Nc1ccc(C(N)=O)cc1)[NH+](C)Cc1cccs1. The predicted octanol–water partition coefficient (Wildman–Crippen LogP) is 0.889. The Morgan fingerprint density at radius 2 is 1.95 bits per heavy atom. The molecule has 0 saturated carbocycles. The number of benzene rings is 1. The third-order valence-electron chi connectivity index (χ3n) is 3.60. The summed E-state index contributed by atoms with van der Waals surface area (Å²) in [7, 11) is 2.00. The zero-order valence-electron chi connectivity index (χ0n) is 12.6. The fraction of sp³-hybridized carbons (Fsp3) is 0.250. The highest BCUT2D eigenvalue weighted by molar-refractivity contribution is 7.09. The van der Waals surface area contributed by atoms with Gasteiger partial charge in [0.2, 0.25) is 5.91 Å². The van der Waals surface area contributed by atoms with Crippen LogP contribution in [0.1, 0.15) is 22.2 Å². The van der Waals surface area contributed by atoms with Crippen LogP contribution in [-0.4, -0.2) is 24.9 Å². The molecule has 0 saturated heterocycles. The number of carbonyl (C=O) groups excluding carboxylic acids is 2. The molecule has 0 fully saturated rings. The van der Waals surface area contributed by atoms with Gasteiger partial charge in [-0.25, -0.2) is 0 Å². The third kappa shape index (κ3) is 4.16. The molecule has 1 aromatic carbocycles. The second-order valence-electron chi connectivity index (χ2n) is 5.26. The van der Waals surface area contributed by atoms with Crippen LogP contribution in [0.3, 0.4) is 0 Å². The van der Waals surface area contributed by atoms with E-state index in [9.17, 15) is 9.59 Å². The van der Waals surface area contributed by atoms with Crippen molar-refractivity contribution in [2.45, 2.75) is 19.5 Å². The van der Waals surface area contributed by atoms with E-state index in [0.717, 1.165) is 11.4 Å². The number of carbonyl (C=O) groups is 2. The lowest BCUT2D eigenvalue weighted by Crippen LogP contribution is -3.12. The molecule has 0 aliphatic carbocycles. The van der Waals surface area contributed by atoms with Crippen molar-refractivity contribution >= 4 is 28.8 Å². The van der Waals surface area contributed by atoms with E-state index in [1.54, 1.807) is 35.6 Å². The average Bonchev–Trinajstić information content (AvgIpc) is 2.99. The number of quaternary nitrogens is 1. The summed E-state index contributed by atoms with van der Waals surface area (Å²) in [6.45, 7) is 2.71. The van der Waals surface area contributed by atoms with Gasteiger partial charge in [0.1, 0.15) is 6.54 Å². The van der Waals surface area contributed by atoms with Crippen LogP contribution in [0.4, 0.5) is 5.69 Å². The second-order valence-corrected chi connectivity index (χ2v) is 6.29. The molecule has 2 atom stereocenters. The number of nitrogens with two attached hydrogens (primary N) is 1. The maximum absolute atomic E-state index is 12.3. The molecule has 0 radical (unpaired) electrons. The third-order valence-corrected chi connectivity index (χ3v) is 4.48. The van der Waals surface area contributed by atoms with Crippen LogP contribution in [0.25, 0.3) is 0 Å². The van der Waals surface area contributed by atoms with Gasteiger partial charge in [-0.15, -0.1) is 11.3 Å². The van der Waals surface area contributed by atoms with Gasteiger partial charge in [-0.1, -0.05) is 6.07 Å². The summed E-state index contributed by atoms with van der Waals surface area (Å²) in [6, 6.07) is 10.5. The molecule has 1 heterocycles. The summed E-state index contributed by atoms with van der Waals surface area (Å²) in [5, 5.41) is 4.90. The lowest BCUT2D eigenvalue weighted by atomic mass is 10.2. The lowest BCUT2D eigenvalue weighted by Gasteiger charge is -2.20. The summed E-state index contributed by atoms with van der Waals surface area (Å²) >= 11 is 1.69. The summed E-state index contributed by atoms with van der Waals surface area (Å²) in [6.07, 6.45) is 0. The van der Waals surface area contributed by atoms with Crippen molar-refractivity contribution < 1.29 is 14.5 Å². The normalized spacial score (nSPS) is 13.4. The van der Waals surface area contributed by atoms with Gasteiger partial charge in [0.15, 0.2) is 6.04 Å². The molecular weight excluding hydrogens is 298 g/mol. The monoisotopic (exact) mass is 318 g/mol. The summed E-state index contributed by atoms with van der Waals surface area (Å²) in [5.41, 5.74) is 6.27. The highest BCUT2D eigenvalue weighted by atomic mass is 32.1. The molecule has 22 heavy (non-hydrogen) atoms. The van der Waals surface area contributed by atoms with E-state index in [0.29, 0.717) is 11.3 Å². The molecule has 2 aromatic rings. The van der Waals surface area contributed by atoms with E-state index in [2.05, 4.69) is 11.4 Å². The zero-order chi connectivity index (χ0) is 16.1. The van der Waals surface area contributed by atoms with Crippen LogP contribution in [0.2, 0.25) is 0 Å². The predicted molar refractivity (Wildman–Crippen MR) is 88.0 cm³/mol. The molecule has 1 aromatic heterocycles. The minimum absolute atomic E-state index is 0.0547. The van der Waals surface area contributed by atoms with Crippen LogP contribution < -0.4 is 16.0 Å². The van der Waals surface area contributed by atoms with Crippen molar-refractivity contribution in [2.24, 2.45) is 5.73 Å². The van der Waals surface area contributed by atoms with Crippen molar-refractivity contribution in [3.05, 3.63) is 52.2 Å². The quantitative estimate of drug-likeness (QED) is 0.740. The molecule has 0 aliphatic heterocycles. The highest BCUT2D eigenvalue weighted by Crippen LogP contribution is 2.09. The Morgan fingerprint density at radius 3 is 2.50 bits per heavy atom. The van der Waals surface area contributed by atoms with Gasteiger partial charge in [-0.05, 0) is 42.6 Å². The van der Waals surface area contributed by atoms with E-state index in [1.807, 2.05) is 25.4 Å². The minimum atomic E-state index is -0.480. The van der Waals surface area contributed by atoms with E-state index in [4.69, 9.17) is 5.73 Å². The molecule has 2 amide bonds. The van der Waals surface area contributed by atoms with Crippen LogP contribution in [-0.2, 0) is 11.3 Å². The summed E-state index contributed by atoms with van der Waals surface area (Å²) < 4.78 is 0. The Bertz CT molecular complexity index is 638. The van der Waals surface area contributed by atoms with Gasteiger partial charge in [0.05, 0.1) is 11.9 Å². The van der Waals surface area contributed by atoms with Crippen LogP contribution in [0.15, 0.2) is 41.8 Å². The van der Waals surface area contributed by atoms with Crippen molar-refractivity contribution in [1.29, 1.82) is 0 Å². The van der Waals surface area contributed by atoms with E-state index in [-0.39, 0.29) is 11.9 Å². The van der Waals surface area contributed by atoms with E-state index in [1.165, 1.54) is 4.88 Å². The van der Waals surface area contributed by atoms with Crippen LogP contribution in [0.5, 0.6) is 0 Å². The van der Waals surface area contributed by atoms with Crippen molar-refractivity contribution in [2.75, 3.05) is 12.4 Å². The number of thiophene rings is 1. The standard InChI is InChI=1S/C16H19N3O2S/c1-11(19(2)10-14-4-3-9-22-14)16(21)18-13-7-5-12(6-8-13)15(17)20/h3-9,11H,10H2,1-2H3,(H2,17,20)(H,18,21)/p+1/t11-/m0/s1. The number of primary amides is 1. The molecule has 0 spiro atoms. The molecule has 4 N–H and O–H groups in total. The summed E-state index contributed by atoms with van der Waals surface area (Å²) in [5.74, 6) is -0.535. The van der Waals surface area contributed by atoms with Gasteiger partial charge in [0, 0.05) is 11.3 Å². The molecule has 2 rings (SSSR count). The Balaban J connectivity index is 1.94. The topological polar surface area (TPSA) is 76.6 Å². The smallest absolute Gasteiger partial charge is 0.282 e. The van der Waals surface area contributed by atoms with Crippen LogP contribution in [0, 0.1) is 0 Å². The summed E-state index contributed by atoms with van der Waals surface area (Å²) in [4.78, 5) is 25.7. The van der Waals surface area contributed by atoms with Crippen molar-refractivity contribution in [3.63, 3.8) is 0 Å². The Morgan fingerprint density at radius 1 is 1.27 bits per heavy atom. The largest absolute Gasteiger partial charge is 0.366 e. The fourth-order valence-corrected chi connectivity index (χ4v) is 2.83. The van der Waals surface area contributed by atoms with Gasteiger partial charge < -0.3 is 16.0 Å². The molecule has 116 valence electrons. The molecule has 5 nitrogen and oxygen atoms in total. The number of amides is 2. The molecular formula is C16H20N3O2S+. The first-order valence-corrected chi connectivity index (χ1v) is 7.90. The Labute approximate surface area is 133 Å². The highest BCUT2D eigenvalue weighted by Gasteiger charge is 2.22. The van der Waals surface area contributed by atoms with Crippen molar-refractivity contribution in [3.8, 4) is 0 Å². The molecule has 6 heteroatoms. The average molecular weight is 318 g/mol. The maximum Gasteiger partial charge on any atom is 0.282 e. The van der Waals surface area contributed by atoms with Gasteiger partial charge >= 0.3 is 0 Å². The molecule has 0 bridgehead atoms. The Hall–Kier alpha value is -2.18.